The van der Waals surface area contributed by atoms with Crippen LogP contribution >= 0.6 is 0 Å². The van der Waals surface area contributed by atoms with Crippen molar-refractivity contribution in [3.8, 4) is 0 Å². The van der Waals surface area contributed by atoms with Crippen molar-refractivity contribution >= 4 is 5.69 Å². The Bertz CT molecular complexity index is 353. The number of rotatable bonds is 1. The molecule has 2 atom stereocenters. The lowest BCUT2D eigenvalue weighted by Gasteiger charge is -2.13. The van der Waals surface area contributed by atoms with E-state index in [1.54, 1.807) is 0 Å². The average Bonchev–Trinajstić information content (AvgIpc) is 2.65. The summed E-state index contributed by atoms with van der Waals surface area (Å²) in [5, 5.41) is 0. The Labute approximate surface area is 83.3 Å². The highest BCUT2D eigenvalue weighted by molar-refractivity contribution is 5.46. The summed E-state index contributed by atoms with van der Waals surface area (Å²) in [4.78, 5) is 3.34. The van der Waals surface area contributed by atoms with Gasteiger partial charge in [0.15, 0.2) is 5.69 Å². The van der Waals surface area contributed by atoms with Gasteiger partial charge < -0.3 is 10.5 Å². The van der Waals surface area contributed by atoms with Crippen molar-refractivity contribution in [2.75, 3.05) is 13.2 Å². The van der Waals surface area contributed by atoms with Crippen LogP contribution in [0.2, 0.25) is 0 Å². The summed E-state index contributed by atoms with van der Waals surface area (Å²) < 4.78 is 5.29. The van der Waals surface area contributed by atoms with Gasteiger partial charge in [0, 0.05) is 12.0 Å². The van der Waals surface area contributed by atoms with Crippen LogP contribution in [0.3, 0.4) is 0 Å². The highest BCUT2D eigenvalue weighted by Gasteiger charge is 2.25. The Kier molecular flexibility index (Phi) is 2.49. The van der Waals surface area contributed by atoms with Gasteiger partial charge in [0.25, 0.3) is 0 Å². The summed E-state index contributed by atoms with van der Waals surface area (Å²) in [5.41, 5.74) is 7.73. The highest BCUT2D eigenvalue weighted by atomic mass is 16.5. The minimum absolute atomic E-state index is 0.0915. The molecule has 1 aromatic carbocycles. The molecule has 1 aromatic rings. The number of nitrogens with zero attached hydrogens (tertiary/aromatic N) is 1. The first kappa shape index (κ1) is 9.20. The molecule has 0 aliphatic carbocycles. The number of hydrogen-bond acceptors (Lipinski definition) is 2. The molecule has 1 unspecified atom stereocenters. The summed E-state index contributed by atoms with van der Waals surface area (Å²) >= 11 is 0. The topological polar surface area (TPSA) is 39.6 Å². The van der Waals surface area contributed by atoms with E-state index in [0.29, 0.717) is 18.9 Å². The van der Waals surface area contributed by atoms with E-state index in [1.165, 1.54) is 5.56 Å². The number of hydrogen-bond donors (Lipinski definition) is 1. The first-order chi connectivity index (χ1) is 6.81. The van der Waals surface area contributed by atoms with Gasteiger partial charge in [-0.25, -0.2) is 4.85 Å². The van der Waals surface area contributed by atoms with Gasteiger partial charge in [0.2, 0.25) is 0 Å². The average molecular weight is 188 g/mol. The van der Waals surface area contributed by atoms with E-state index in [1.807, 2.05) is 24.3 Å². The van der Waals surface area contributed by atoms with Crippen LogP contribution in [0.15, 0.2) is 24.3 Å². The highest BCUT2D eigenvalue weighted by Crippen LogP contribution is 2.26. The van der Waals surface area contributed by atoms with Crippen molar-refractivity contribution in [2.45, 2.75) is 12.0 Å². The molecule has 0 bridgehead atoms. The van der Waals surface area contributed by atoms with Crippen molar-refractivity contribution in [1.82, 2.24) is 0 Å². The van der Waals surface area contributed by atoms with Gasteiger partial charge in [0.05, 0.1) is 19.8 Å². The number of benzene rings is 1. The van der Waals surface area contributed by atoms with Crippen molar-refractivity contribution in [3.05, 3.63) is 41.2 Å². The van der Waals surface area contributed by atoms with Gasteiger partial charge in [-0.15, -0.1) is 0 Å². The molecule has 1 saturated heterocycles. The van der Waals surface area contributed by atoms with Crippen LogP contribution in [0.1, 0.15) is 11.5 Å². The fourth-order valence-corrected chi connectivity index (χ4v) is 1.71. The molecule has 2 N–H and O–H groups in total. The summed E-state index contributed by atoms with van der Waals surface area (Å²) in [6.45, 7) is 8.17. The third kappa shape index (κ3) is 1.63. The maximum Gasteiger partial charge on any atom is 0.187 e. The quantitative estimate of drug-likeness (QED) is 0.681. The maximum atomic E-state index is 6.84. The van der Waals surface area contributed by atoms with E-state index in [0.717, 1.165) is 0 Å². The van der Waals surface area contributed by atoms with Crippen LogP contribution in [-0.2, 0) is 4.74 Å². The molecular weight excluding hydrogens is 176 g/mol. The smallest absolute Gasteiger partial charge is 0.187 e. The van der Waals surface area contributed by atoms with Crippen LogP contribution in [0.25, 0.3) is 4.85 Å². The molecule has 0 saturated carbocycles. The Hall–Kier alpha value is -1.37. The molecule has 3 nitrogen and oxygen atoms in total. The molecule has 1 fully saturated rings. The standard InChI is InChI=1S/C11H12N2O/c1-13-9-4-2-8(3-5-9)10-6-14-7-11(10)12/h2-5,10-11H,6-7,12H2/t10?,11-/m0/s1. The Morgan fingerprint density at radius 1 is 1.29 bits per heavy atom. The molecule has 3 heteroatoms. The minimum atomic E-state index is 0.0915. The zero-order valence-corrected chi connectivity index (χ0v) is 7.81. The van der Waals surface area contributed by atoms with Crippen molar-refractivity contribution in [2.24, 2.45) is 5.73 Å². The summed E-state index contributed by atoms with van der Waals surface area (Å²) in [6.07, 6.45) is 0. The Balaban J connectivity index is 2.21. The van der Waals surface area contributed by atoms with E-state index in [-0.39, 0.29) is 12.0 Å². The second-order valence-electron chi connectivity index (χ2n) is 3.51. The monoisotopic (exact) mass is 188 g/mol. The fourth-order valence-electron chi connectivity index (χ4n) is 1.71. The first-order valence-electron chi connectivity index (χ1n) is 4.62. The van der Waals surface area contributed by atoms with Gasteiger partial charge in [-0.1, -0.05) is 24.3 Å². The molecule has 2 rings (SSSR count). The second kappa shape index (κ2) is 3.79. The molecule has 1 heterocycles. The predicted octanol–water partition coefficient (Wildman–Crippen LogP) is 1.68. The Morgan fingerprint density at radius 3 is 2.50 bits per heavy atom. The zero-order valence-electron chi connectivity index (χ0n) is 7.81. The lowest BCUT2D eigenvalue weighted by Crippen LogP contribution is -2.26. The van der Waals surface area contributed by atoms with E-state index < -0.39 is 0 Å². The maximum absolute atomic E-state index is 6.84. The fraction of sp³-hybridized carbons (Fsp3) is 0.364. The molecule has 0 aromatic heterocycles. The van der Waals surface area contributed by atoms with E-state index >= 15 is 0 Å². The molecule has 1 aliphatic heterocycles. The van der Waals surface area contributed by atoms with Crippen LogP contribution in [-0.4, -0.2) is 19.3 Å². The van der Waals surface area contributed by atoms with Crippen LogP contribution in [0, 0.1) is 6.57 Å². The normalized spacial score (nSPS) is 26.0. The molecule has 0 radical (unpaired) electrons. The van der Waals surface area contributed by atoms with Crippen molar-refractivity contribution < 1.29 is 4.74 Å². The van der Waals surface area contributed by atoms with Crippen LogP contribution in [0.4, 0.5) is 5.69 Å². The summed E-state index contributed by atoms with van der Waals surface area (Å²) in [5.74, 6) is 0.287. The van der Waals surface area contributed by atoms with Gasteiger partial charge in [-0.3, -0.25) is 0 Å². The summed E-state index contributed by atoms with van der Waals surface area (Å²) in [6, 6.07) is 7.67. The summed E-state index contributed by atoms with van der Waals surface area (Å²) in [7, 11) is 0. The lowest BCUT2D eigenvalue weighted by atomic mass is 9.95. The third-order valence-corrected chi connectivity index (χ3v) is 2.57. The molecule has 0 spiro atoms. The molecule has 0 amide bonds. The SMILES string of the molecule is [C-]#[N+]c1ccc(C2COC[C@@H]2N)cc1. The van der Waals surface area contributed by atoms with Gasteiger partial charge >= 0.3 is 0 Å². The number of nitrogens with two attached hydrogens (primary N) is 1. The first-order valence-corrected chi connectivity index (χ1v) is 4.62. The van der Waals surface area contributed by atoms with Crippen molar-refractivity contribution in [1.29, 1.82) is 0 Å². The van der Waals surface area contributed by atoms with E-state index in [9.17, 15) is 0 Å². The number of ether oxygens (including phenoxy) is 1. The molecular formula is C11H12N2O. The van der Waals surface area contributed by atoms with Crippen LogP contribution < -0.4 is 5.73 Å². The van der Waals surface area contributed by atoms with Crippen molar-refractivity contribution in [3.63, 3.8) is 0 Å². The Morgan fingerprint density at radius 2 is 2.00 bits per heavy atom. The minimum Gasteiger partial charge on any atom is -0.379 e. The van der Waals surface area contributed by atoms with E-state index in [4.69, 9.17) is 17.0 Å². The van der Waals surface area contributed by atoms with Gasteiger partial charge in [-0.2, -0.15) is 0 Å². The van der Waals surface area contributed by atoms with Crippen LogP contribution in [0.5, 0.6) is 0 Å². The van der Waals surface area contributed by atoms with Gasteiger partial charge in [-0.05, 0) is 5.56 Å². The van der Waals surface area contributed by atoms with Gasteiger partial charge in [0.1, 0.15) is 0 Å². The lowest BCUT2D eigenvalue weighted by molar-refractivity contribution is 0.191. The predicted molar refractivity (Wildman–Crippen MR) is 54.2 cm³/mol. The largest absolute Gasteiger partial charge is 0.379 e. The second-order valence-corrected chi connectivity index (χ2v) is 3.51. The molecule has 1 aliphatic rings. The molecule has 72 valence electrons. The third-order valence-electron chi connectivity index (χ3n) is 2.57. The van der Waals surface area contributed by atoms with E-state index in [2.05, 4.69) is 4.85 Å². The zero-order chi connectivity index (χ0) is 9.97. The molecule has 14 heavy (non-hydrogen) atoms.